The number of benzene rings is 3. The van der Waals surface area contributed by atoms with E-state index in [2.05, 4.69) is 16.7 Å². The minimum atomic E-state index is 0.0119. The van der Waals surface area contributed by atoms with Gasteiger partial charge in [0.2, 0.25) is 5.95 Å². The lowest BCUT2D eigenvalue weighted by atomic mass is 9.86. The van der Waals surface area contributed by atoms with Gasteiger partial charge in [-0.05, 0) is 60.6 Å². The van der Waals surface area contributed by atoms with Crippen LogP contribution in [0.15, 0.2) is 66.7 Å². The fourth-order valence-corrected chi connectivity index (χ4v) is 4.91. The number of hydrogen-bond acceptors (Lipinski definition) is 5. The molecule has 0 unspecified atom stereocenters. The van der Waals surface area contributed by atoms with Crippen molar-refractivity contribution in [3.8, 4) is 0 Å². The molecule has 4 aromatic rings. The highest BCUT2D eigenvalue weighted by atomic mass is 16.1. The topological polar surface area (TPSA) is 70.2 Å². The Kier molecular flexibility index (Phi) is 6.30. The Morgan fingerprint density at radius 3 is 2.38 bits per heavy atom. The Morgan fingerprint density at radius 1 is 0.882 bits per heavy atom. The summed E-state index contributed by atoms with van der Waals surface area (Å²) >= 11 is 0. The lowest BCUT2D eigenvalue weighted by molar-refractivity contribution is 0.0945. The van der Waals surface area contributed by atoms with Crippen LogP contribution in [0, 0.1) is 5.92 Å². The second kappa shape index (κ2) is 9.67. The highest BCUT2D eigenvalue weighted by molar-refractivity contribution is 6.07. The maximum Gasteiger partial charge on any atom is 0.251 e. The molecule has 0 atom stereocenters. The van der Waals surface area contributed by atoms with E-state index in [-0.39, 0.29) is 5.91 Å². The van der Waals surface area contributed by atoms with Gasteiger partial charge in [-0.1, -0.05) is 48.5 Å². The zero-order valence-electron chi connectivity index (χ0n) is 19.8. The third-order valence-electron chi connectivity index (χ3n) is 6.77. The quantitative estimate of drug-likeness (QED) is 0.417. The van der Waals surface area contributed by atoms with Gasteiger partial charge < -0.3 is 15.5 Å². The monoisotopic (exact) mass is 453 g/mol. The SMILES string of the molecule is CN(C)c1nc(NC2CCC(CNC(=O)c3cccc4ccccc34)CC2)nc2ccccc12. The molecule has 1 aliphatic carbocycles. The van der Waals surface area contributed by atoms with Crippen LogP contribution in [-0.4, -0.2) is 42.6 Å². The molecule has 0 bridgehead atoms. The number of hydrogen-bond donors (Lipinski definition) is 2. The summed E-state index contributed by atoms with van der Waals surface area (Å²) in [5.41, 5.74) is 1.70. The van der Waals surface area contributed by atoms with Crippen LogP contribution >= 0.6 is 0 Å². The molecular formula is C28H31N5O. The van der Waals surface area contributed by atoms with Gasteiger partial charge in [-0.3, -0.25) is 4.79 Å². The first-order chi connectivity index (χ1) is 16.6. The van der Waals surface area contributed by atoms with Crippen molar-refractivity contribution in [3.63, 3.8) is 0 Å². The van der Waals surface area contributed by atoms with Crippen molar-refractivity contribution in [3.05, 3.63) is 72.3 Å². The van der Waals surface area contributed by atoms with Gasteiger partial charge in [0.05, 0.1) is 5.52 Å². The molecule has 2 N–H and O–H groups in total. The van der Waals surface area contributed by atoms with Crippen molar-refractivity contribution in [1.82, 2.24) is 15.3 Å². The van der Waals surface area contributed by atoms with E-state index < -0.39 is 0 Å². The maximum atomic E-state index is 12.9. The summed E-state index contributed by atoms with van der Waals surface area (Å²) in [4.78, 5) is 24.4. The lowest BCUT2D eigenvalue weighted by Crippen LogP contribution is -2.34. The molecule has 1 heterocycles. The number of carbonyl (C=O) groups is 1. The third-order valence-corrected chi connectivity index (χ3v) is 6.77. The Labute approximate surface area is 200 Å². The summed E-state index contributed by atoms with van der Waals surface area (Å²) in [7, 11) is 4.02. The van der Waals surface area contributed by atoms with E-state index >= 15 is 0 Å². The number of para-hydroxylation sites is 1. The van der Waals surface area contributed by atoms with Crippen LogP contribution in [0.2, 0.25) is 0 Å². The second-order valence-electron chi connectivity index (χ2n) is 9.38. The van der Waals surface area contributed by atoms with E-state index in [1.54, 1.807) is 0 Å². The summed E-state index contributed by atoms with van der Waals surface area (Å²) < 4.78 is 0. The molecule has 1 aromatic heterocycles. The maximum absolute atomic E-state index is 12.9. The van der Waals surface area contributed by atoms with Crippen LogP contribution in [0.4, 0.5) is 11.8 Å². The molecule has 0 saturated heterocycles. The molecule has 3 aromatic carbocycles. The van der Waals surface area contributed by atoms with E-state index in [9.17, 15) is 4.79 Å². The summed E-state index contributed by atoms with van der Waals surface area (Å²) in [5.74, 6) is 2.12. The van der Waals surface area contributed by atoms with Crippen LogP contribution in [-0.2, 0) is 0 Å². The van der Waals surface area contributed by atoms with Crippen molar-refractivity contribution < 1.29 is 4.79 Å². The summed E-state index contributed by atoms with van der Waals surface area (Å²) in [6.45, 7) is 0.714. The van der Waals surface area contributed by atoms with Crippen LogP contribution < -0.4 is 15.5 Å². The molecule has 34 heavy (non-hydrogen) atoms. The Bertz CT molecular complexity index is 1310. The molecule has 6 heteroatoms. The van der Waals surface area contributed by atoms with Gasteiger partial charge >= 0.3 is 0 Å². The van der Waals surface area contributed by atoms with E-state index in [0.29, 0.717) is 24.5 Å². The number of nitrogens with one attached hydrogen (secondary N) is 2. The number of nitrogens with zero attached hydrogens (tertiary/aromatic N) is 3. The zero-order valence-corrected chi connectivity index (χ0v) is 19.8. The molecule has 174 valence electrons. The van der Waals surface area contributed by atoms with E-state index in [4.69, 9.17) is 9.97 Å². The van der Waals surface area contributed by atoms with Crippen LogP contribution in [0.3, 0.4) is 0 Å². The van der Waals surface area contributed by atoms with Crippen LogP contribution in [0.5, 0.6) is 0 Å². The molecule has 0 spiro atoms. The number of fused-ring (bicyclic) bond motifs is 2. The number of aromatic nitrogens is 2. The molecule has 1 saturated carbocycles. The highest BCUT2D eigenvalue weighted by Gasteiger charge is 2.23. The minimum absolute atomic E-state index is 0.0119. The van der Waals surface area contributed by atoms with Crippen LogP contribution in [0.1, 0.15) is 36.0 Å². The van der Waals surface area contributed by atoms with Gasteiger partial charge in [-0.2, -0.15) is 4.98 Å². The number of amides is 1. The molecule has 1 amide bonds. The van der Waals surface area contributed by atoms with Gasteiger partial charge in [0, 0.05) is 37.6 Å². The van der Waals surface area contributed by atoms with Gasteiger partial charge in [0.15, 0.2) is 0 Å². The fourth-order valence-electron chi connectivity index (χ4n) is 4.91. The van der Waals surface area contributed by atoms with Crippen LogP contribution in [0.25, 0.3) is 21.7 Å². The van der Waals surface area contributed by atoms with E-state index in [0.717, 1.165) is 58.7 Å². The number of anilines is 2. The average molecular weight is 454 g/mol. The van der Waals surface area contributed by atoms with Crippen molar-refractivity contribution in [1.29, 1.82) is 0 Å². The first-order valence-corrected chi connectivity index (χ1v) is 12.0. The molecular weight excluding hydrogens is 422 g/mol. The highest BCUT2D eigenvalue weighted by Crippen LogP contribution is 2.28. The Hall–Kier alpha value is -3.67. The van der Waals surface area contributed by atoms with Gasteiger partial charge in [-0.15, -0.1) is 0 Å². The minimum Gasteiger partial charge on any atom is -0.362 e. The molecule has 1 fully saturated rings. The zero-order chi connectivity index (χ0) is 23.5. The smallest absolute Gasteiger partial charge is 0.251 e. The lowest BCUT2D eigenvalue weighted by Gasteiger charge is -2.29. The third kappa shape index (κ3) is 4.67. The second-order valence-corrected chi connectivity index (χ2v) is 9.38. The predicted molar refractivity (Wildman–Crippen MR) is 140 cm³/mol. The van der Waals surface area contributed by atoms with Gasteiger partial charge in [-0.25, -0.2) is 4.98 Å². The van der Waals surface area contributed by atoms with Crippen molar-refractivity contribution in [2.75, 3.05) is 30.9 Å². The first kappa shape index (κ1) is 22.1. The summed E-state index contributed by atoms with van der Waals surface area (Å²) in [6.07, 6.45) is 4.23. The molecule has 0 radical (unpaired) electrons. The van der Waals surface area contributed by atoms with Crippen molar-refractivity contribution in [2.24, 2.45) is 5.92 Å². The Morgan fingerprint density at radius 2 is 1.59 bits per heavy atom. The normalized spacial score (nSPS) is 18.1. The number of carbonyl (C=O) groups excluding carboxylic acids is 1. The summed E-state index contributed by atoms with van der Waals surface area (Å²) in [5, 5.41) is 9.89. The summed E-state index contributed by atoms with van der Waals surface area (Å²) in [6, 6.07) is 22.4. The average Bonchev–Trinajstić information content (AvgIpc) is 2.87. The van der Waals surface area contributed by atoms with E-state index in [1.165, 1.54) is 0 Å². The van der Waals surface area contributed by atoms with Gasteiger partial charge in [0.25, 0.3) is 5.91 Å². The molecule has 0 aliphatic heterocycles. The largest absolute Gasteiger partial charge is 0.362 e. The van der Waals surface area contributed by atoms with Crippen molar-refractivity contribution in [2.45, 2.75) is 31.7 Å². The van der Waals surface area contributed by atoms with Crippen molar-refractivity contribution >= 4 is 39.3 Å². The fraction of sp³-hybridized carbons (Fsp3) is 0.321. The predicted octanol–water partition coefficient (Wildman–Crippen LogP) is 5.25. The standard InChI is InChI=1S/C28H31N5O/c1-33(2)26-24-11-5-6-13-25(24)31-28(32-26)30-21-16-14-19(15-17-21)18-29-27(34)23-12-7-9-20-8-3-4-10-22(20)23/h3-13,19,21H,14-18H2,1-2H3,(H,29,34)(H,30,31,32). The molecule has 5 rings (SSSR count). The molecule has 1 aliphatic rings. The van der Waals surface area contributed by atoms with E-state index in [1.807, 2.05) is 79.7 Å². The molecule has 6 nitrogen and oxygen atoms in total. The number of rotatable bonds is 6. The Balaban J connectivity index is 1.17. The van der Waals surface area contributed by atoms with Gasteiger partial charge in [0.1, 0.15) is 5.82 Å². The first-order valence-electron chi connectivity index (χ1n) is 12.0.